The Morgan fingerprint density at radius 3 is 2.33 bits per heavy atom. The van der Waals surface area contributed by atoms with Crippen molar-refractivity contribution in [3.8, 4) is 0 Å². The van der Waals surface area contributed by atoms with E-state index >= 15 is 0 Å². The van der Waals surface area contributed by atoms with Crippen molar-refractivity contribution in [2.24, 2.45) is 0 Å². The van der Waals surface area contributed by atoms with Crippen molar-refractivity contribution in [3.05, 3.63) is 57.6 Å². The zero-order chi connectivity index (χ0) is 17.4. The molecule has 24 heavy (non-hydrogen) atoms. The summed E-state index contributed by atoms with van der Waals surface area (Å²) < 4.78 is 0. The first-order valence-electron chi connectivity index (χ1n) is 7.52. The molecule has 0 aliphatic carbocycles. The van der Waals surface area contributed by atoms with E-state index in [1.54, 1.807) is 30.3 Å². The van der Waals surface area contributed by atoms with Crippen LogP contribution < -0.4 is 10.2 Å². The molecular weight excluding hydrogens is 347 g/mol. The highest BCUT2D eigenvalue weighted by Crippen LogP contribution is 2.31. The van der Waals surface area contributed by atoms with Gasteiger partial charge in [0.25, 0.3) is 5.91 Å². The molecule has 1 aliphatic heterocycles. The van der Waals surface area contributed by atoms with Gasteiger partial charge >= 0.3 is 0 Å². The van der Waals surface area contributed by atoms with Crippen molar-refractivity contribution >= 4 is 46.4 Å². The Bertz CT molecular complexity index is 836. The number of halogens is 2. The Balaban J connectivity index is 1.89. The van der Waals surface area contributed by atoms with E-state index in [1.165, 1.54) is 4.90 Å². The number of carbonyl (C=O) groups excluding carboxylic acids is 2. The number of carbonyl (C=O) groups is 2. The molecule has 0 aromatic heterocycles. The third-order valence-electron chi connectivity index (χ3n) is 4.09. The fraction of sp³-hybridized carbons (Fsp3) is 0.222. The average Bonchev–Trinajstić information content (AvgIpc) is 2.80. The van der Waals surface area contributed by atoms with Crippen molar-refractivity contribution in [1.82, 2.24) is 0 Å². The molecule has 1 aliphatic rings. The second-order valence-corrected chi connectivity index (χ2v) is 6.73. The van der Waals surface area contributed by atoms with Gasteiger partial charge in [0.05, 0.1) is 12.1 Å². The van der Waals surface area contributed by atoms with Gasteiger partial charge in [-0.15, -0.1) is 0 Å². The Morgan fingerprint density at radius 1 is 1.00 bits per heavy atom. The molecular formula is C18H16Cl2N2O2. The zero-order valence-electron chi connectivity index (χ0n) is 13.3. The number of imide groups is 1. The van der Waals surface area contributed by atoms with Gasteiger partial charge in [0, 0.05) is 15.7 Å². The van der Waals surface area contributed by atoms with Crippen LogP contribution in [-0.2, 0) is 9.59 Å². The third kappa shape index (κ3) is 3.12. The highest BCUT2D eigenvalue weighted by Gasteiger charge is 2.40. The topological polar surface area (TPSA) is 49.4 Å². The molecule has 1 heterocycles. The first-order chi connectivity index (χ1) is 11.4. The molecule has 1 unspecified atom stereocenters. The number of amides is 2. The normalized spacial score (nSPS) is 17.5. The molecule has 1 atom stereocenters. The lowest BCUT2D eigenvalue weighted by atomic mass is 10.1. The van der Waals surface area contributed by atoms with Crippen LogP contribution in [0.4, 0.5) is 11.4 Å². The molecule has 0 saturated carbocycles. The summed E-state index contributed by atoms with van der Waals surface area (Å²) in [5.74, 6) is -0.535. The lowest BCUT2D eigenvalue weighted by Crippen LogP contribution is -2.35. The van der Waals surface area contributed by atoms with Gasteiger partial charge in [-0.3, -0.25) is 9.59 Å². The predicted molar refractivity (Wildman–Crippen MR) is 96.9 cm³/mol. The quantitative estimate of drug-likeness (QED) is 0.825. The summed E-state index contributed by atoms with van der Waals surface area (Å²) >= 11 is 12.0. The van der Waals surface area contributed by atoms with Crippen LogP contribution in [0.2, 0.25) is 10.0 Å². The smallest absolute Gasteiger partial charge is 0.256 e. The van der Waals surface area contributed by atoms with Crippen LogP contribution in [0.3, 0.4) is 0 Å². The van der Waals surface area contributed by atoms with Crippen LogP contribution >= 0.6 is 23.2 Å². The SMILES string of the molecule is Cc1ccc(Cl)cc1NC1CC(=O)N(c2cc(Cl)ccc2C)C1=O. The molecule has 1 N–H and O–H groups in total. The highest BCUT2D eigenvalue weighted by molar-refractivity contribution is 6.32. The third-order valence-corrected chi connectivity index (χ3v) is 4.56. The molecule has 0 spiro atoms. The molecule has 0 bridgehead atoms. The molecule has 0 radical (unpaired) electrons. The van der Waals surface area contributed by atoms with Gasteiger partial charge in [-0.05, 0) is 49.2 Å². The van der Waals surface area contributed by atoms with E-state index in [0.717, 1.165) is 16.8 Å². The van der Waals surface area contributed by atoms with Crippen molar-refractivity contribution in [2.75, 3.05) is 10.2 Å². The minimum atomic E-state index is -0.618. The number of anilines is 2. The van der Waals surface area contributed by atoms with Crippen LogP contribution in [0, 0.1) is 13.8 Å². The maximum atomic E-state index is 12.7. The van der Waals surface area contributed by atoms with E-state index < -0.39 is 6.04 Å². The summed E-state index contributed by atoms with van der Waals surface area (Å²) in [6.45, 7) is 3.76. The number of aryl methyl sites for hydroxylation is 2. The van der Waals surface area contributed by atoms with E-state index in [4.69, 9.17) is 23.2 Å². The summed E-state index contributed by atoms with van der Waals surface area (Å²) in [6.07, 6.45) is 0.0940. The monoisotopic (exact) mass is 362 g/mol. The molecule has 3 rings (SSSR count). The van der Waals surface area contributed by atoms with Crippen LogP contribution in [0.15, 0.2) is 36.4 Å². The minimum Gasteiger partial charge on any atom is -0.373 e. The Morgan fingerprint density at radius 2 is 1.62 bits per heavy atom. The Labute approximate surface area is 150 Å². The molecule has 1 fully saturated rings. The predicted octanol–water partition coefficient (Wildman–Crippen LogP) is 4.35. The van der Waals surface area contributed by atoms with Gasteiger partial charge in [0.2, 0.25) is 5.91 Å². The van der Waals surface area contributed by atoms with Crippen molar-refractivity contribution < 1.29 is 9.59 Å². The summed E-state index contributed by atoms with van der Waals surface area (Å²) in [4.78, 5) is 26.4. The van der Waals surface area contributed by atoms with Gasteiger partial charge in [0.15, 0.2) is 0 Å². The molecule has 124 valence electrons. The molecule has 6 heteroatoms. The first kappa shape index (κ1) is 16.8. The molecule has 1 saturated heterocycles. The van der Waals surface area contributed by atoms with Crippen LogP contribution in [0.5, 0.6) is 0 Å². The van der Waals surface area contributed by atoms with Crippen molar-refractivity contribution in [3.63, 3.8) is 0 Å². The summed E-state index contributed by atoms with van der Waals surface area (Å²) in [7, 11) is 0. The van der Waals surface area contributed by atoms with E-state index in [-0.39, 0.29) is 18.2 Å². The van der Waals surface area contributed by atoms with E-state index in [9.17, 15) is 9.59 Å². The van der Waals surface area contributed by atoms with Crippen molar-refractivity contribution in [1.29, 1.82) is 0 Å². The number of rotatable bonds is 3. The lowest BCUT2D eigenvalue weighted by molar-refractivity contribution is -0.121. The number of benzene rings is 2. The molecule has 2 amide bonds. The highest BCUT2D eigenvalue weighted by atomic mass is 35.5. The molecule has 2 aromatic rings. The average molecular weight is 363 g/mol. The number of hydrogen-bond acceptors (Lipinski definition) is 3. The van der Waals surface area contributed by atoms with E-state index in [0.29, 0.717) is 15.7 Å². The Hall–Kier alpha value is -2.04. The second-order valence-electron chi connectivity index (χ2n) is 5.86. The minimum absolute atomic E-state index is 0.0940. The molecule has 2 aromatic carbocycles. The maximum Gasteiger partial charge on any atom is 0.256 e. The summed E-state index contributed by atoms with van der Waals surface area (Å²) in [6, 6.07) is 9.95. The summed E-state index contributed by atoms with van der Waals surface area (Å²) in [5, 5.41) is 4.19. The van der Waals surface area contributed by atoms with Crippen LogP contribution in [-0.4, -0.2) is 17.9 Å². The fourth-order valence-electron chi connectivity index (χ4n) is 2.76. The first-order valence-corrected chi connectivity index (χ1v) is 8.28. The van der Waals surface area contributed by atoms with Gasteiger partial charge in [0.1, 0.15) is 6.04 Å². The summed E-state index contributed by atoms with van der Waals surface area (Å²) in [5.41, 5.74) is 3.06. The van der Waals surface area contributed by atoms with Gasteiger partial charge in [-0.25, -0.2) is 4.90 Å². The second kappa shape index (κ2) is 6.46. The number of nitrogens with one attached hydrogen (secondary N) is 1. The van der Waals surface area contributed by atoms with Gasteiger partial charge in [-0.2, -0.15) is 0 Å². The largest absolute Gasteiger partial charge is 0.373 e. The number of nitrogens with zero attached hydrogens (tertiary/aromatic N) is 1. The standard InChI is InChI=1S/C18H16Cl2N2O2/c1-10-3-5-12(19)7-14(10)21-15-9-17(23)22(18(15)24)16-8-13(20)6-4-11(16)2/h3-8,15,21H,9H2,1-2H3. The van der Waals surface area contributed by atoms with Crippen LogP contribution in [0.25, 0.3) is 0 Å². The maximum absolute atomic E-state index is 12.7. The zero-order valence-corrected chi connectivity index (χ0v) is 14.8. The molecule has 4 nitrogen and oxygen atoms in total. The van der Waals surface area contributed by atoms with E-state index in [2.05, 4.69) is 5.32 Å². The van der Waals surface area contributed by atoms with E-state index in [1.807, 2.05) is 19.9 Å². The van der Waals surface area contributed by atoms with Crippen molar-refractivity contribution in [2.45, 2.75) is 26.3 Å². The Kier molecular flexibility index (Phi) is 4.52. The fourth-order valence-corrected chi connectivity index (χ4v) is 3.10. The van der Waals surface area contributed by atoms with Gasteiger partial charge < -0.3 is 5.32 Å². The van der Waals surface area contributed by atoms with Crippen LogP contribution in [0.1, 0.15) is 17.5 Å². The lowest BCUT2D eigenvalue weighted by Gasteiger charge is -2.19. The number of hydrogen-bond donors (Lipinski definition) is 1. The van der Waals surface area contributed by atoms with Gasteiger partial charge in [-0.1, -0.05) is 35.3 Å².